The summed E-state index contributed by atoms with van der Waals surface area (Å²) in [6.07, 6.45) is 0. The largest absolute Gasteiger partial charge is 0.295 e. The van der Waals surface area contributed by atoms with Crippen molar-refractivity contribution in [3.63, 3.8) is 0 Å². The molecular formula is C21H20Cl2N4O2. The maximum absolute atomic E-state index is 13.1. The van der Waals surface area contributed by atoms with Crippen LogP contribution in [0.1, 0.15) is 48.4 Å². The van der Waals surface area contributed by atoms with Gasteiger partial charge in [0.05, 0.1) is 5.41 Å². The standard InChI is InChI=1S/C21H20Cl2N4O2/c1-13-20(2,3)21(4,26-24-18(28)14-5-9-16(22)10-6-14)27(25-13)19(29)15-7-11-17(23)12-8-15/h5-12H,1-4H3. The quantitative estimate of drug-likeness (QED) is 0.571. The van der Waals surface area contributed by atoms with E-state index in [9.17, 15) is 9.59 Å². The van der Waals surface area contributed by atoms with Crippen LogP contribution in [0.5, 0.6) is 0 Å². The molecule has 0 bridgehead atoms. The Labute approximate surface area is 179 Å². The molecule has 0 aliphatic carbocycles. The molecule has 1 aliphatic rings. The van der Waals surface area contributed by atoms with Gasteiger partial charge in [0, 0.05) is 26.9 Å². The number of benzene rings is 2. The molecule has 0 aromatic heterocycles. The summed E-state index contributed by atoms with van der Waals surface area (Å²) in [5, 5.41) is 15.0. The Morgan fingerprint density at radius 3 is 1.90 bits per heavy atom. The summed E-state index contributed by atoms with van der Waals surface area (Å²) >= 11 is 11.8. The van der Waals surface area contributed by atoms with E-state index < -0.39 is 17.0 Å². The molecule has 0 fully saturated rings. The number of hydrogen-bond donors (Lipinski definition) is 0. The fraction of sp³-hybridized carbons (Fsp3) is 0.286. The Morgan fingerprint density at radius 2 is 1.38 bits per heavy atom. The van der Waals surface area contributed by atoms with Crippen molar-refractivity contribution >= 4 is 40.7 Å². The Kier molecular flexibility index (Phi) is 5.61. The molecule has 6 nitrogen and oxygen atoms in total. The minimum Gasteiger partial charge on any atom is -0.267 e. The Bertz CT molecular complexity index is 1010. The lowest BCUT2D eigenvalue weighted by molar-refractivity contribution is 0.0386. The van der Waals surface area contributed by atoms with Crippen LogP contribution < -0.4 is 0 Å². The van der Waals surface area contributed by atoms with Crippen molar-refractivity contribution in [3.8, 4) is 0 Å². The second kappa shape index (κ2) is 7.69. The Hall–Kier alpha value is -2.57. The third-order valence-corrected chi connectivity index (χ3v) is 5.97. The van der Waals surface area contributed by atoms with Crippen molar-refractivity contribution in [2.24, 2.45) is 20.7 Å². The van der Waals surface area contributed by atoms with E-state index in [0.717, 1.165) is 0 Å². The number of carbonyl (C=O) groups excluding carboxylic acids is 2. The van der Waals surface area contributed by atoms with Gasteiger partial charge in [0.25, 0.3) is 11.8 Å². The number of hydrogen-bond acceptors (Lipinski definition) is 4. The summed E-state index contributed by atoms with van der Waals surface area (Å²) in [6, 6.07) is 12.9. The van der Waals surface area contributed by atoms with Gasteiger partial charge in [-0.1, -0.05) is 37.0 Å². The van der Waals surface area contributed by atoms with Crippen molar-refractivity contribution < 1.29 is 9.59 Å². The van der Waals surface area contributed by atoms with Gasteiger partial charge in [0.15, 0.2) is 5.66 Å². The first-order chi connectivity index (χ1) is 13.6. The zero-order valence-electron chi connectivity index (χ0n) is 16.5. The van der Waals surface area contributed by atoms with Gasteiger partial charge in [0.1, 0.15) is 0 Å². The molecule has 0 saturated heterocycles. The minimum absolute atomic E-state index is 0.353. The van der Waals surface area contributed by atoms with Crippen LogP contribution in [0.4, 0.5) is 0 Å². The molecule has 0 N–H and O–H groups in total. The number of azo groups is 1. The number of carbonyl (C=O) groups is 2. The third kappa shape index (κ3) is 3.82. The number of hydrazone groups is 1. The molecule has 2 aromatic carbocycles. The van der Waals surface area contributed by atoms with Crippen LogP contribution in [0.2, 0.25) is 10.0 Å². The molecule has 1 atom stereocenters. The van der Waals surface area contributed by atoms with Crippen LogP contribution in [0.15, 0.2) is 63.9 Å². The topological polar surface area (TPSA) is 74.5 Å². The fourth-order valence-corrected chi connectivity index (χ4v) is 3.15. The smallest absolute Gasteiger partial charge is 0.267 e. The van der Waals surface area contributed by atoms with E-state index in [1.807, 2.05) is 20.8 Å². The van der Waals surface area contributed by atoms with Gasteiger partial charge in [-0.15, -0.1) is 5.11 Å². The summed E-state index contributed by atoms with van der Waals surface area (Å²) < 4.78 is 0. The predicted molar refractivity (Wildman–Crippen MR) is 114 cm³/mol. The number of amides is 2. The normalized spacial score (nSPS) is 20.8. The maximum atomic E-state index is 13.1. The van der Waals surface area contributed by atoms with Crippen LogP contribution in [0, 0.1) is 5.41 Å². The minimum atomic E-state index is -1.18. The molecule has 2 aromatic rings. The molecule has 8 heteroatoms. The molecule has 1 heterocycles. The average Bonchev–Trinajstić information content (AvgIpc) is 2.87. The van der Waals surface area contributed by atoms with E-state index in [1.165, 1.54) is 5.01 Å². The number of nitrogens with zero attached hydrogens (tertiary/aromatic N) is 4. The zero-order chi connectivity index (χ0) is 21.4. The molecule has 0 spiro atoms. The van der Waals surface area contributed by atoms with Crippen LogP contribution in [0.3, 0.4) is 0 Å². The van der Waals surface area contributed by atoms with Gasteiger partial charge in [0.2, 0.25) is 0 Å². The van der Waals surface area contributed by atoms with Crippen molar-refractivity contribution in [2.75, 3.05) is 0 Å². The van der Waals surface area contributed by atoms with Gasteiger partial charge in [-0.3, -0.25) is 9.59 Å². The molecule has 1 unspecified atom stereocenters. The summed E-state index contributed by atoms with van der Waals surface area (Å²) in [6.45, 7) is 7.38. The molecule has 2 amide bonds. The predicted octanol–water partition coefficient (Wildman–Crippen LogP) is 5.86. The highest BCUT2D eigenvalue weighted by atomic mass is 35.5. The molecule has 150 valence electrons. The van der Waals surface area contributed by atoms with Gasteiger partial charge < -0.3 is 0 Å². The molecule has 0 saturated carbocycles. The van der Waals surface area contributed by atoms with Crippen LogP contribution >= 0.6 is 23.2 Å². The lowest BCUT2D eigenvalue weighted by Gasteiger charge is -2.37. The highest BCUT2D eigenvalue weighted by Gasteiger charge is 2.55. The summed E-state index contributed by atoms with van der Waals surface area (Å²) in [5.41, 5.74) is -0.352. The first kappa shape index (κ1) is 21.1. The molecule has 1 aliphatic heterocycles. The average molecular weight is 431 g/mol. The van der Waals surface area contributed by atoms with Gasteiger partial charge >= 0.3 is 0 Å². The summed E-state index contributed by atoms with van der Waals surface area (Å²) in [7, 11) is 0. The molecular weight excluding hydrogens is 411 g/mol. The summed E-state index contributed by atoms with van der Waals surface area (Å²) in [5.74, 6) is -0.880. The van der Waals surface area contributed by atoms with E-state index in [-0.39, 0.29) is 5.91 Å². The lowest BCUT2D eigenvalue weighted by atomic mass is 9.77. The van der Waals surface area contributed by atoms with E-state index in [0.29, 0.717) is 26.9 Å². The zero-order valence-corrected chi connectivity index (χ0v) is 18.0. The van der Waals surface area contributed by atoms with Crippen molar-refractivity contribution in [3.05, 3.63) is 69.7 Å². The monoisotopic (exact) mass is 430 g/mol. The second-order valence-corrected chi connectivity index (χ2v) is 8.34. The first-order valence-corrected chi connectivity index (χ1v) is 9.70. The Balaban J connectivity index is 1.96. The third-order valence-electron chi connectivity index (χ3n) is 5.46. The van der Waals surface area contributed by atoms with E-state index in [2.05, 4.69) is 15.3 Å². The van der Waals surface area contributed by atoms with Gasteiger partial charge in [-0.25, -0.2) is 0 Å². The maximum Gasteiger partial charge on any atom is 0.295 e. The van der Waals surface area contributed by atoms with Crippen molar-refractivity contribution in [1.82, 2.24) is 5.01 Å². The fourth-order valence-electron chi connectivity index (χ4n) is 2.90. The highest BCUT2D eigenvalue weighted by Crippen LogP contribution is 2.45. The SMILES string of the molecule is CC1=NN(C(=O)c2ccc(Cl)cc2)C(C)(N=NC(=O)c2ccc(Cl)cc2)C1(C)C. The molecule has 0 radical (unpaired) electrons. The van der Waals surface area contributed by atoms with E-state index in [1.54, 1.807) is 55.5 Å². The van der Waals surface area contributed by atoms with Crippen LogP contribution in [-0.4, -0.2) is 28.2 Å². The number of halogens is 2. The second-order valence-electron chi connectivity index (χ2n) is 7.47. The van der Waals surface area contributed by atoms with Crippen molar-refractivity contribution in [2.45, 2.75) is 33.4 Å². The van der Waals surface area contributed by atoms with E-state index in [4.69, 9.17) is 23.2 Å². The first-order valence-electron chi connectivity index (χ1n) is 8.95. The lowest BCUT2D eigenvalue weighted by Crippen LogP contribution is -2.51. The van der Waals surface area contributed by atoms with Crippen molar-refractivity contribution in [1.29, 1.82) is 0 Å². The van der Waals surface area contributed by atoms with Crippen LogP contribution in [0.25, 0.3) is 0 Å². The molecule has 29 heavy (non-hydrogen) atoms. The van der Waals surface area contributed by atoms with Gasteiger partial charge in [-0.2, -0.15) is 15.2 Å². The Morgan fingerprint density at radius 1 is 0.897 bits per heavy atom. The van der Waals surface area contributed by atoms with Gasteiger partial charge in [-0.05, 0) is 62.4 Å². The molecule has 3 rings (SSSR count). The van der Waals surface area contributed by atoms with E-state index >= 15 is 0 Å². The highest BCUT2D eigenvalue weighted by molar-refractivity contribution is 6.31. The number of rotatable bonds is 3. The summed E-state index contributed by atoms with van der Waals surface area (Å²) in [4.78, 5) is 25.6. The van der Waals surface area contributed by atoms with Crippen LogP contribution in [-0.2, 0) is 0 Å².